The van der Waals surface area contributed by atoms with E-state index in [0.29, 0.717) is 0 Å². The minimum atomic E-state index is -1.93. The van der Waals surface area contributed by atoms with Gasteiger partial charge in [0.25, 0.3) is 0 Å². The molecule has 0 amide bonds. The third-order valence-corrected chi connectivity index (χ3v) is 2.82. The molecule has 0 spiro atoms. The molecule has 0 aliphatic heterocycles. The van der Waals surface area contributed by atoms with Crippen LogP contribution in [0.3, 0.4) is 0 Å². The van der Waals surface area contributed by atoms with Crippen molar-refractivity contribution in [1.82, 2.24) is 0 Å². The largest absolute Gasteiger partial charge is 0.525 e. The van der Waals surface area contributed by atoms with E-state index in [2.05, 4.69) is 6.58 Å². The van der Waals surface area contributed by atoms with Crippen LogP contribution >= 0.6 is 0 Å². The Morgan fingerprint density at radius 2 is 1.82 bits per heavy atom. The minimum absolute atomic E-state index is 0.232. The van der Waals surface area contributed by atoms with Crippen LogP contribution in [0.25, 0.3) is 0 Å². The highest BCUT2D eigenvalue weighted by Crippen LogP contribution is 2.12. The zero-order valence-electron chi connectivity index (χ0n) is 8.10. The molecule has 0 fully saturated rings. The van der Waals surface area contributed by atoms with E-state index in [-0.39, 0.29) is 6.10 Å². The van der Waals surface area contributed by atoms with Crippen LogP contribution in [-0.4, -0.2) is 14.7 Å². The van der Waals surface area contributed by atoms with Gasteiger partial charge in [0.1, 0.15) is 0 Å². The van der Waals surface area contributed by atoms with Gasteiger partial charge in [-0.15, -0.1) is 0 Å². The van der Waals surface area contributed by atoms with Gasteiger partial charge in [-0.05, 0) is 33.9 Å². The molecule has 0 aliphatic rings. The minimum Gasteiger partial charge on any atom is -0.525 e. The quantitative estimate of drug-likeness (QED) is 0.482. The Labute approximate surface area is 70.5 Å². The van der Waals surface area contributed by atoms with E-state index in [1.807, 2.05) is 33.9 Å². The van der Waals surface area contributed by atoms with Gasteiger partial charge in [0.05, 0.1) is 5.76 Å². The summed E-state index contributed by atoms with van der Waals surface area (Å²) in [6, 6.07) is 0. The summed E-state index contributed by atoms with van der Waals surface area (Å²) in [5.74, 6) is 0.738. The van der Waals surface area contributed by atoms with Gasteiger partial charge >= 0.3 is 8.56 Å². The van der Waals surface area contributed by atoms with Crippen LogP contribution in [0.15, 0.2) is 12.3 Å². The summed E-state index contributed by atoms with van der Waals surface area (Å²) in [6.45, 7) is 13.6. The van der Waals surface area contributed by atoms with Crippen LogP contribution in [0.2, 0.25) is 13.1 Å². The summed E-state index contributed by atoms with van der Waals surface area (Å²) in [5, 5.41) is 0. The standard InChI is InChI=1S/C8H18O2Si/c1-7(2)9-11(5,6)10-8(3)4/h8H,1H2,2-6H3. The van der Waals surface area contributed by atoms with E-state index >= 15 is 0 Å². The van der Waals surface area contributed by atoms with Crippen molar-refractivity contribution in [2.75, 3.05) is 0 Å². The molecule has 0 saturated heterocycles. The SMILES string of the molecule is C=C(C)O[Si](C)(C)OC(C)C. The summed E-state index contributed by atoms with van der Waals surface area (Å²) >= 11 is 0. The van der Waals surface area contributed by atoms with Crippen LogP contribution in [0.1, 0.15) is 20.8 Å². The molecule has 0 radical (unpaired) electrons. The predicted molar refractivity (Wildman–Crippen MR) is 49.6 cm³/mol. The Hall–Kier alpha value is -0.283. The Morgan fingerprint density at radius 1 is 1.36 bits per heavy atom. The van der Waals surface area contributed by atoms with Crippen molar-refractivity contribution in [2.24, 2.45) is 0 Å². The second-order valence-electron chi connectivity index (χ2n) is 3.37. The molecule has 0 N–H and O–H groups in total. The molecule has 0 heterocycles. The molecule has 0 aliphatic carbocycles. The number of hydrogen-bond acceptors (Lipinski definition) is 2. The maximum absolute atomic E-state index is 5.60. The average Bonchev–Trinajstić information content (AvgIpc) is 1.53. The first-order chi connectivity index (χ1) is 4.83. The molecule has 2 nitrogen and oxygen atoms in total. The molecule has 0 aromatic heterocycles. The zero-order chi connectivity index (χ0) is 9.07. The maximum Gasteiger partial charge on any atom is 0.392 e. The second-order valence-corrected chi connectivity index (χ2v) is 6.61. The lowest BCUT2D eigenvalue weighted by Gasteiger charge is -2.25. The highest BCUT2D eigenvalue weighted by atomic mass is 28.4. The van der Waals surface area contributed by atoms with Gasteiger partial charge in [-0.3, -0.25) is 0 Å². The van der Waals surface area contributed by atoms with E-state index < -0.39 is 8.56 Å². The Balaban J connectivity index is 3.89. The van der Waals surface area contributed by atoms with Gasteiger partial charge in [-0.25, -0.2) is 0 Å². The lowest BCUT2D eigenvalue weighted by molar-refractivity contribution is 0.168. The number of hydrogen-bond donors (Lipinski definition) is 0. The van der Waals surface area contributed by atoms with Gasteiger partial charge in [-0.1, -0.05) is 6.58 Å². The van der Waals surface area contributed by atoms with Crippen molar-refractivity contribution in [2.45, 2.75) is 40.0 Å². The lowest BCUT2D eigenvalue weighted by Crippen LogP contribution is -2.36. The van der Waals surface area contributed by atoms with Crippen LogP contribution in [-0.2, 0) is 8.85 Å². The van der Waals surface area contributed by atoms with E-state index in [1.54, 1.807) is 0 Å². The second kappa shape index (κ2) is 3.92. The van der Waals surface area contributed by atoms with Crippen LogP contribution in [0.4, 0.5) is 0 Å². The highest BCUT2D eigenvalue weighted by Gasteiger charge is 2.27. The topological polar surface area (TPSA) is 18.5 Å². The van der Waals surface area contributed by atoms with E-state index in [0.717, 1.165) is 5.76 Å². The zero-order valence-corrected chi connectivity index (χ0v) is 9.10. The summed E-state index contributed by atoms with van der Waals surface area (Å²) in [5.41, 5.74) is 0. The van der Waals surface area contributed by atoms with Gasteiger partial charge in [0.2, 0.25) is 0 Å². The van der Waals surface area contributed by atoms with Gasteiger partial charge < -0.3 is 8.85 Å². The van der Waals surface area contributed by atoms with Gasteiger partial charge in [0.15, 0.2) is 0 Å². The third kappa shape index (κ3) is 6.13. The first-order valence-corrected chi connectivity index (χ1v) is 6.67. The fourth-order valence-electron chi connectivity index (χ4n) is 1.01. The normalized spacial score (nSPS) is 11.8. The monoisotopic (exact) mass is 174 g/mol. The fourth-order valence-corrected chi connectivity index (χ4v) is 3.03. The highest BCUT2D eigenvalue weighted by molar-refractivity contribution is 6.64. The smallest absolute Gasteiger partial charge is 0.392 e. The third-order valence-electron chi connectivity index (χ3n) is 0.940. The van der Waals surface area contributed by atoms with Crippen molar-refractivity contribution in [3.05, 3.63) is 12.3 Å². The molecule has 0 atom stereocenters. The molecule has 0 aromatic rings. The molecule has 0 aromatic carbocycles. The molecule has 0 unspecified atom stereocenters. The average molecular weight is 174 g/mol. The molecule has 0 saturated carbocycles. The first-order valence-electron chi connectivity index (χ1n) is 3.86. The molecule has 0 rings (SSSR count). The Bertz CT molecular complexity index is 141. The van der Waals surface area contributed by atoms with E-state index in [1.165, 1.54) is 0 Å². The predicted octanol–water partition coefficient (Wildman–Crippen LogP) is 2.66. The molecule has 11 heavy (non-hydrogen) atoms. The van der Waals surface area contributed by atoms with Crippen molar-refractivity contribution in [1.29, 1.82) is 0 Å². The molecular weight excluding hydrogens is 156 g/mol. The van der Waals surface area contributed by atoms with Crippen molar-refractivity contribution < 1.29 is 8.85 Å². The molecule has 3 heteroatoms. The molecule has 66 valence electrons. The summed E-state index contributed by atoms with van der Waals surface area (Å²) in [4.78, 5) is 0. The van der Waals surface area contributed by atoms with Crippen LogP contribution in [0.5, 0.6) is 0 Å². The summed E-state index contributed by atoms with van der Waals surface area (Å²) in [6.07, 6.45) is 0.232. The van der Waals surface area contributed by atoms with Crippen molar-refractivity contribution in [3.8, 4) is 0 Å². The summed E-state index contributed by atoms with van der Waals surface area (Å²) < 4.78 is 11.1. The lowest BCUT2D eigenvalue weighted by atomic mass is 10.5. The van der Waals surface area contributed by atoms with Gasteiger partial charge in [0, 0.05) is 6.10 Å². The first kappa shape index (κ1) is 10.7. The van der Waals surface area contributed by atoms with E-state index in [9.17, 15) is 0 Å². The Morgan fingerprint density at radius 3 is 2.09 bits per heavy atom. The molecular formula is C8H18O2Si. The van der Waals surface area contributed by atoms with Crippen LogP contribution < -0.4 is 0 Å². The van der Waals surface area contributed by atoms with Crippen molar-refractivity contribution in [3.63, 3.8) is 0 Å². The number of rotatable bonds is 4. The summed E-state index contributed by atoms with van der Waals surface area (Å²) in [7, 11) is -1.93. The van der Waals surface area contributed by atoms with Gasteiger partial charge in [-0.2, -0.15) is 0 Å². The van der Waals surface area contributed by atoms with Crippen molar-refractivity contribution >= 4 is 8.56 Å². The molecule has 0 bridgehead atoms. The number of allylic oxidation sites excluding steroid dienone is 1. The van der Waals surface area contributed by atoms with E-state index in [4.69, 9.17) is 8.85 Å². The maximum atomic E-state index is 5.60. The fraction of sp³-hybridized carbons (Fsp3) is 0.750. The van der Waals surface area contributed by atoms with Crippen LogP contribution in [0, 0.1) is 0 Å². The Kier molecular flexibility index (Phi) is 3.82.